The van der Waals surface area contributed by atoms with E-state index in [1.165, 1.54) is 0 Å². The zero-order valence-electron chi connectivity index (χ0n) is 10.3. The van der Waals surface area contributed by atoms with E-state index in [2.05, 4.69) is 12.2 Å². The molecule has 5 nitrogen and oxygen atoms in total. The molecule has 0 aromatic carbocycles. The third-order valence-corrected chi connectivity index (χ3v) is 2.32. The number of carboxylic acids is 1. The summed E-state index contributed by atoms with van der Waals surface area (Å²) in [5, 5.41) is 11.3. The van der Waals surface area contributed by atoms with E-state index in [1.54, 1.807) is 18.9 Å². The van der Waals surface area contributed by atoms with Gasteiger partial charge in [-0.3, -0.25) is 4.79 Å². The first-order valence-corrected chi connectivity index (χ1v) is 5.68. The van der Waals surface area contributed by atoms with Gasteiger partial charge in [0.05, 0.1) is 0 Å². The predicted octanol–water partition coefficient (Wildman–Crippen LogP) is 1.54. The second kappa shape index (κ2) is 7.96. The number of aliphatic carboxylic acids is 1. The molecule has 0 fully saturated rings. The van der Waals surface area contributed by atoms with E-state index in [1.807, 2.05) is 0 Å². The molecule has 0 spiro atoms. The maximum absolute atomic E-state index is 11.5. The lowest BCUT2D eigenvalue weighted by atomic mass is 10.1. The third-order valence-electron chi connectivity index (χ3n) is 2.32. The Hall–Kier alpha value is -1.26. The zero-order chi connectivity index (χ0) is 12.6. The van der Waals surface area contributed by atoms with Crippen molar-refractivity contribution in [1.82, 2.24) is 10.2 Å². The molecule has 0 aromatic heterocycles. The van der Waals surface area contributed by atoms with Crippen LogP contribution in [0.4, 0.5) is 4.79 Å². The highest BCUT2D eigenvalue weighted by Gasteiger charge is 2.11. The number of amides is 2. The molecular formula is C11H22N2O3. The highest BCUT2D eigenvalue weighted by atomic mass is 16.4. The van der Waals surface area contributed by atoms with E-state index in [9.17, 15) is 9.59 Å². The van der Waals surface area contributed by atoms with Gasteiger partial charge in [0.15, 0.2) is 0 Å². The first kappa shape index (κ1) is 14.7. The lowest BCUT2D eigenvalue weighted by molar-refractivity contribution is -0.137. The van der Waals surface area contributed by atoms with Gasteiger partial charge >= 0.3 is 12.0 Å². The summed E-state index contributed by atoms with van der Waals surface area (Å²) in [5.74, 6) is -0.873. The Morgan fingerprint density at radius 2 is 2.06 bits per heavy atom. The van der Waals surface area contributed by atoms with Crippen LogP contribution in [0.3, 0.4) is 0 Å². The Labute approximate surface area is 96.8 Å². The number of unbranched alkanes of at least 4 members (excludes halogenated alkanes) is 1. The Morgan fingerprint density at radius 1 is 1.44 bits per heavy atom. The molecule has 0 aromatic rings. The van der Waals surface area contributed by atoms with Gasteiger partial charge in [0, 0.05) is 26.6 Å². The van der Waals surface area contributed by atoms with Gasteiger partial charge in [0.1, 0.15) is 0 Å². The molecule has 94 valence electrons. The fourth-order valence-electron chi connectivity index (χ4n) is 1.26. The van der Waals surface area contributed by atoms with Gasteiger partial charge in [-0.25, -0.2) is 4.79 Å². The van der Waals surface area contributed by atoms with E-state index in [0.29, 0.717) is 6.54 Å². The van der Waals surface area contributed by atoms with Crippen molar-refractivity contribution in [2.75, 3.05) is 20.1 Å². The Bertz CT molecular complexity index is 231. The predicted molar refractivity (Wildman–Crippen MR) is 62.4 cm³/mol. The van der Waals surface area contributed by atoms with Crippen molar-refractivity contribution in [2.24, 2.45) is 5.92 Å². The average molecular weight is 230 g/mol. The van der Waals surface area contributed by atoms with E-state index in [-0.39, 0.29) is 18.4 Å². The van der Waals surface area contributed by atoms with Gasteiger partial charge in [-0.15, -0.1) is 0 Å². The molecule has 0 rings (SSSR count). The van der Waals surface area contributed by atoms with Gasteiger partial charge in [-0.1, -0.05) is 20.3 Å². The third kappa shape index (κ3) is 7.09. The summed E-state index contributed by atoms with van der Waals surface area (Å²) in [6, 6.07) is -0.134. The maximum Gasteiger partial charge on any atom is 0.317 e. The molecule has 0 saturated carbocycles. The summed E-state index contributed by atoms with van der Waals surface area (Å²) < 4.78 is 0. The van der Waals surface area contributed by atoms with Crippen LogP contribution in [0.2, 0.25) is 0 Å². The van der Waals surface area contributed by atoms with Gasteiger partial charge in [0.2, 0.25) is 0 Å². The summed E-state index contributed by atoms with van der Waals surface area (Å²) in [4.78, 5) is 23.5. The summed E-state index contributed by atoms with van der Waals surface area (Å²) in [6.07, 6.45) is 2.11. The molecule has 5 heteroatoms. The zero-order valence-corrected chi connectivity index (χ0v) is 10.3. The number of carbonyl (C=O) groups excluding carboxylic acids is 1. The minimum Gasteiger partial charge on any atom is -0.481 e. The topological polar surface area (TPSA) is 69.6 Å². The first-order valence-electron chi connectivity index (χ1n) is 5.68. The number of hydrogen-bond donors (Lipinski definition) is 2. The number of urea groups is 1. The summed E-state index contributed by atoms with van der Waals surface area (Å²) in [7, 11) is 1.74. The lowest BCUT2D eigenvalue weighted by Gasteiger charge is -2.18. The monoisotopic (exact) mass is 230 g/mol. The van der Waals surface area contributed by atoms with Crippen LogP contribution in [-0.2, 0) is 4.79 Å². The lowest BCUT2D eigenvalue weighted by Crippen LogP contribution is -2.39. The Kier molecular flexibility index (Phi) is 7.33. The van der Waals surface area contributed by atoms with E-state index in [0.717, 1.165) is 19.4 Å². The minimum absolute atomic E-state index is 0.0407. The quantitative estimate of drug-likeness (QED) is 0.697. The van der Waals surface area contributed by atoms with Crippen LogP contribution in [0.1, 0.15) is 33.1 Å². The SMILES string of the molecule is CCCCN(C)C(=O)NCC(C)CC(=O)O. The van der Waals surface area contributed by atoms with Crippen molar-refractivity contribution in [1.29, 1.82) is 0 Å². The molecule has 0 aliphatic heterocycles. The largest absolute Gasteiger partial charge is 0.481 e. The number of carboxylic acid groups (broad SMARTS) is 1. The van der Waals surface area contributed by atoms with Gasteiger partial charge in [-0.05, 0) is 12.3 Å². The van der Waals surface area contributed by atoms with Crippen LogP contribution in [0.25, 0.3) is 0 Å². The normalized spacial score (nSPS) is 11.9. The van der Waals surface area contributed by atoms with Crippen LogP contribution < -0.4 is 5.32 Å². The molecular weight excluding hydrogens is 208 g/mol. The van der Waals surface area contributed by atoms with Crippen LogP contribution >= 0.6 is 0 Å². The number of carbonyl (C=O) groups is 2. The standard InChI is InChI=1S/C11H22N2O3/c1-4-5-6-13(3)11(16)12-8-9(2)7-10(14)15/h9H,4-8H2,1-3H3,(H,12,16)(H,14,15). The Balaban J connectivity index is 3.74. The van der Waals surface area contributed by atoms with Crippen LogP contribution in [0.15, 0.2) is 0 Å². The molecule has 2 N–H and O–H groups in total. The first-order chi connectivity index (χ1) is 7.47. The van der Waals surface area contributed by atoms with Gasteiger partial charge < -0.3 is 15.3 Å². The second-order valence-electron chi connectivity index (χ2n) is 4.16. The molecule has 0 heterocycles. The maximum atomic E-state index is 11.5. The molecule has 1 unspecified atom stereocenters. The van der Waals surface area contributed by atoms with Crippen molar-refractivity contribution >= 4 is 12.0 Å². The van der Waals surface area contributed by atoms with Crippen molar-refractivity contribution in [3.63, 3.8) is 0 Å². The van der Waals surface area contributed by atoms with Gasteiger partial charge in [0.25, 0.3) is 0 Å². The fourth-order valence-corrected chi connectivity index (χ4v) is 1.26. The highest BCUT2D eigenvalue weighted by Crippen LogP contribution is 2.00. The summed E-state index contributed by atoms with van der Waals surface area (Å²) in [5.41, 5.74) is 0. The number of rotatable bonds is 7. The van der Waals surface area contributed by atoms with E-state index in [4.69, 9.17) is 5.11 Å². The molecule has 0 saturated heterocycles. The smallest absolute Gasteiger partial charge is 0.317 e. The second-order valence-corrected chi connectivity index (χ2v) is 4.16. The molecule has 1 atom stereocenters. The number of hydrogen-bond acceptors (Lipinski definition) is 2. The van der Waals surface area contributed by atoms with Gasteiger partial charge in [-0.2, -0.15) is 0 Å². The summed E-state index contributed by atoms with van der Waals surface area (Å²) >= 11 is 0. The molecule has 0 radical (unpaired) electrons. The molecule has 2 amide bonds. The molecule has 0 aliphatic rings. The minimum atomic E-state index is -0.832. The van der Waals surface area contributed by atoms with Crippen molar-refractivity contribution in [3.05, 3.63) is 0 Å². The molecule has 0 aliphatic carbocycles. The van der Waals surface area contributed by atoms with Crippen molar-refractivity contribution in [3.8, 4) is 0 Å². The molecule has 0 bridgehead atoms. The average Bonchev–Trinajstić information content (AvgIpc) is 2.21. The van der Waals surface area contributed by atoms with Crippen molar-refractivity contribution in [2.45, 2.75) is 33.1 Å². The molecule has 16 heavy (non-hydrogen) atoms. The van der Waals surface area contributed by atoms with E-state index < -0.39 is 5.97 Å². The Morgan fingerprint density at radius 3 is 2.56 bits per heavy atom. The van der Waals surface area contributed by atoms with Crippen LogP contribution in [0, 0.1) is 5.92 Å². The highest BCUT2D eigenvalue weighted by molar-refractivity contribution is 5.74. The summed E-state index contributed by atoms with van der Waals surface area (Å²) in [6.45, 7) is 5.01. The van der Waals surface area contributed by atoms with E-state index >= 15 is 0 Å². The fraction of sp³-hybridized carbons (Fsp3) is 0.818. The van der Waals surface area contributed by atoms with Crippen LogP contribution in [-0.4, -0.2) is 42.1 Å². The number of nitrogens with one attached hydrogen (secondary N) is 1. The van der Waals surface area contributed by atoms with Crippen LogP contribution in [0.5, 0.6) is 0 Å². The van der Waals surface area contributed by atoms with Crippen molar-refractivity contribution < 1.29 is 14.7 Å². The number of nitrogens with zero attached hydrogens (tertiary/aromatic N) is 1.